The fourth-order valence-electron chi connectivity index (χ4n) is 2.51. The zero-order valence-electron chi connectivity index (χ0n) is 17.6. The van der Waals surface area contributed by atoms with E-state index in [1.165, 1.54) is 0 Å². The van der Waals surface area contributed by atoms with Crippen LogP contribution in [-0.2, 0) is 28.5 Å². The molecule has 0 amide bonds. The maximum Gasteiger partial charge on any atom is 0.0720 e. The summed E-state index contributed by atoms with van der Waals surface area (Å²) < 4.78 is 28.0. The van der Waals surface area contributed by atoms with Crippen LogP contribution >= 0.6 is 0 Å². The molecule has 1 saturated heterocycles. The second-order valence-electron chi connectivity index (χ2n) is 6.77. The number of hydrazine groups is 1. The Bertz CT molecular complexity index is 165. The standard InChI is InChI=1S/C20H42N2O6/c1-3-12-24-16-7-17-25-13-5-6-15-27-20-9-21-22-28-19-8-18-26-14-4-2-11-23-10-1/h21-22H,1-20H2. The molecule has 0 bridgehead atoms. The van der Waals surface area contributed by atoms with Crippen molar-refractivity contribution in [3.05, 3.63) is 0 Å². The highest BCUT2D eigenvalue weighted by molar-refractivity contribution is 4.44. The van der Waals surface area contributed by atoms with Gasteiger partial charge in [-0.15, -0.1) is 5.59 Å². The minimum Gasteiger partial charge on any atom is -0.381 e. The molecule has 0 radical (unpaired) electrons. The number of nitrogens with one attached hydrogen (secondary N) is 2. The van der Waals surface area contributed by atoms with Gasteiger partial charge < -0.3 is 23.7 Å². The van der Waals surface area contributed by atoms with Crippen molar-refractivity contribution in [3.8, 4) is 0 Å². The van der Waals surface area contributed by atoms with Crippen LogP contribution < -0.4 is 11.0 Å². The third-order valence-electron chi connectivity index (χ3n) is 4.11. The lowest BCUT2D eigenvalue weighted by molar-refractivity contribution is -0.00771. The van der Waals surface area contributed by atoms with Crippen molar-refractivity contribution in [1.82, 2.24) is 11.0 Å². The summed E-state index contributed by atoms with van der Waals surface area (Å²) in [6, 6.07) is 0. The van der Waals surface area contributed by atoms with Crippen LogP contribution in [0.1, 0.15) is 51.4 Å². The first kappa shape index (κ1) is 25.7. The minimum absolute atomic E-state index is 0.612. The highest BCUT2D eigenvalue weighted by atomic mass is 16.7. The van der Waals surface area contributed by atoms with Gasteiger partial charge in [0.2, 0.25) is 0 Å². The van der Waals surface area contributed by atoms with Crippen LogP contribution in [-0.4, -0.2) is 79.2 Å². The Kier molecular flexibility index (Phi) is 21.1. The smallest absolute Gasteiger partial charge is 0.0720 e. The van der Waals surface area contributed by atoms with Crippen LogP contribution in [0.5, 0.6) is 0 Å². The van der Waals surface area contributed by atoms with Crippen molar-refractivity contribution in [2.45, 2.75) is 51.4 Å². The summed E-state index contributed by atoms with van der Waals surface area (Å²) in [7, 11) is 0. The van der Waals surface area contributed by atoms with E-state index in [2.05, 4.69) is 11.0 Å². The summed E-state index contributed by atoms with van der Waals surface area (Å²) in [6.45, 7) is 8.99. The summed E-state index contributed by atoms with van der Waals surface area (Å²) in [5, 5.41) is 0. The van der Waals surface area contributed by atoms with Crippen LogP contribution in [0, 0.1) is 0 Å². The van der Waals surface area contributed by atoms with Gasteiger partial charge in [-0.1, -0.05) is 0 Å². The van der Waals surface area contributed by atoms with E-state index in [0.717, 1.165) is 111 Å². The second kappa shape index (κ2) is 23.0. The van der Waals surface area contributed by atoms with Crippen LogP contribution in [0.3, 0.4) is 0 Å². The Hall–Kier alpha value is -0.320. The van der Waals surface area contributed by atoms with Crippen LogP contribution in [0.25, 0.3) is 0 Å². The third-order valence-corrected chi connectivity index (χ3v) is 4.11. The van der Waals surface area contributed by atoms with Crippen molar-refractivity contribution in [2.75, 3.05) is 79.2 Å². The maximum atomic E-state index is 5.64. The van der Waals surface area contributed by atoms with E-state index in [1.54, 1.807) is 0 Å². The molecule has 1 heterocycles. The van der Waals surface area contributed by atoms with E-state index in [9.17, 15) is 0 Å². The maximum absolute atomic E-state index is 5.64. The molecule has 8 heteroatoms. The highest BCUT2D eigenvalue weighted by Crippen LogP contribution is 1.97. The molecule has 0 spiro atoms. The van der Waals surface area contributed by atoms with Gasteiger partial charge in [-0.25, -0.2) is 5.43 Å². The Morgan fingerprint density at radius 2 is 0.714 bits per heavy atom. The predicted octanol–water partition coefficient (Wildman–Crippen LogP) is 2.23. The van der Waals surface area contributed by atoms with Crippen molar-refractivity contribution in [3.63, 3.8) is 0 Å². The van der Waals surface area contributed by atoms with Gasteiger partial charge in [-0.2, -0.15) is 0 Å². The van der Waals surface area contributed by atoms with Crippen LogP contribution in [0.2, 0.25) is 0 Å². The summed E-state index contributed by atoms with van der Waals surface area (Å²) in [5.74, 6) is 0. The lowest BCUT2D eigenvalue weighted by Gasteiger charge is -2.09. The van der Waals surface area contributed by atoms with Gasteiger partial charge in [-0.05, 0) is 51.4 Å². The normalized spacial score (nSPS) is 24.0. The topological polar surface area (TPSA) is 79.4 Å². The first-order valence-electron chi connectivity index (χ1n) is 11.0. The molecule has 0 unspecified atom stereocenters. The summed E-state index contributed by atoms with van der Waals surface area (Å²) in [5.41, 5.74) is 5.69. The van der Waals surface area contributed by atoms with Crippen LogP contribution in [0.4, 0.5) is 0 Å². The molecule has 1 rings (SSSR count). The lowest BCUT2D eigenvalue weighted by Crippen LogP contribution is -2.35. The van der Waals surface area contributed by atoms with E-state index >= 15 is 0 Å². The monoisotopic (exact) mass is 406 g/mol. The molecule has 0 aromatic rings. The van der Waals surface area contributed by atoms with Crippen molar-refractivity contribution >= 4 is 0 Å². The first-order chi connectivity index (χ1) is 14.0. The number of hydrogen-bond donors (Lipinski definition) is 2. The zero-order chi connectivity index (χ0) is 19.8. The fraction of sp³-hybridized carbons (Fsp3) is 1.00. The molecule has 1 aliphatic rings. The van der Waals surface area contributed by atoms with Gasteiger partial charge >= 0.3 is 0 Å². The summed E-state index contributed by atoms with van der Waals surface area (Å²) in [4.78, 5) is 5.27. The van der Waals surface area contributed by atoms with E-state index in [-0.39, 0.29) is 0 Å². The molecule has 28 heavy (non-hydrogen) atoms. The van der Waals surface area contributed by atoms with Gasteiger partial charge in [0.1, 0.15) is 0 Å². The zero-order valence-corrected chi connectivity index (χ0v) is 17.6. The average molecular weight is 407 g/mol. The van der Waals surface area contributed by atoms with Crippen molar-refractivity contribution in [1.29, 1.82) is 0 Å². The highest BCUT2D eigenvalue weighted by Gasteiger charge is 1.96. The van der Waals surface area contributed by atoms with Gasteiger partial charge in [0, 0.05) is 66.0 Å². The Balaban J connectivity index is 2.00. The van der Waals surface area contributed by atoms with E-state index in [1.807, 2.05) is 0 Å². The number of hydrogen-bond acceptors (Lipinski definition) is 8. The van der Waals surface area contributed by atoms with Crippen molar-refractivity contribution in [2.24, 2.45) is 0 Å². The Morgan fingerprint density at radius 1 is 0.357 bits per heavy atom. The van der Waals surface area contributed by atoms with Gasteiger partial charge in [0.25, 0.3) is 0 Å². The minimum atomic E-state index is 0.612. The third kappa shape index (κ3) is 20.4. The average Bonchev–Trinajstić information content (AvgIpc) is 2.71. The Morgan fingerprint density at radius 3 is 1.18 bits per heavy atom. The largest absolute Gasteiger partial charge is 0.381 e. The molecular formula is C20H42N2O6. The fourth-order valence-corrected chi connectivity index (χ4v) is 2.51. The number of ether oxygens (including phenoxy) is 5. The lowest BCUT2D eigenvalue weighted by atomic mass is 10.3. The molecule has 0 atom stereocenters. The van der Waals surface area contributed by atoms with Gasteiger partial charge in [-0.3, -0.25) is 4.84 Å². The molecule has 1 aliphatic heterocycles. The van der Waals surface area contributed by atoms with Gasteiger partial charge in [0.05, 0.1) is 13.2 Å². The number of rotatable bonds is 0. The molecule has 0 aromatic carbocycles. The molecule has 2 N–H and O–H groups in total. The van der Waals surface area contributed by atoms with Crippen molar-refractivity contribution < 1.29 is 28.5 Å². The molecular weight excluding hydrogens is 364 g/mol. The predicted molar refractivity (Wildman–Crippen MR) is 108 cm³/mol. The summed E-state index contributed by atoms with van der Waals surface area (Å²) in [6.07, 6.45) is 8.04. The van der Waals surface area contributed by atoms with Gasteiger partial charge in [0.15, 0.2) is 0 Å². The quantitative estimate of drug-likeness (QED) is 0.634. The van der Waals surface area contributed by atoms with E-state index in [0.29, 0.717) is 19.8 Å². The molecule has 1 fully saturated rings. The van der Waals surface area contributed by atoms with Crippen LogP contribution in [0.15, 0.2) is 0 Å². The first-order valence-corrected chi connectivity index (χ1v) is 11.0. The Labute approximate surface area is 170 Å². The SMILES string of the molecule is C1CCOCCCOCCCCOCCNNOCCCOCCCCOC1. The molecule has 0 saturated carbocycles. The summed E-state index contributed by atoms with van der Waals surface area (Å²) >= 11 is 0. The van der Waals surface area contributed by atoms with E-state index in [4.69, 9.17) is 28.5 Å². The van der Waals surface area contributed by atoms with E-state index < -0.39 is 0 Å². The molecule has 8 nitrogen and oxygen atoms in total. The molecule has 0 aliphatic carbocycles. The molecule has 168 valence electrons. The second-order valence-corrected chi connectivity index (χ2v) is 6.77. The molecule has 0 aromatic heterocycles.